The van der Waals surface area contributed by atoms with Crippen molar-refractivity contribution in [3.8, 4) is 11.5 Å². The number of anilines is 3. The molecule has 0 aromatic heterocycles. The van der Waals surface area contributed by atoms with Gasteiger partial charge in [0.2, 0.25) is 5.91 Å². The molecule has 1 amide bonds. The van der Waals surface area contributed by atoms with Crippen molar-refractivity contribution >= 4 is 34.6 Å². The lowest BCUT2D eigenvalue weighted by Gasteiger charge is -2.14. The van der Waals surface area contributed by atoms with Crippen molar-refractivity contribution in [3.63, 3.8) is 0 Å². The fourth-order valence-corrected chi connectivity index (χ4v) is 2.43. The number of amides is 1. The van der Waals surface area contributed by atoms with Crippen molar-refractivity contribution in [2.45, 2.75) is 19.8 Å². The van der Waals surface area contributed by atoms with E-state index in [4.69, 9.17) is 21.1 Å². The van der Waals surface area contributed by atoms with E-state index in [1.54, 1.807) is 26.4 Å². The number of rotatable bonds is 7. The molecule has 0 radical (unpaired) electrons. The molecule has 0 bridgehead atoms. The zero-order chi connectivity index (χ0) is 17.5. The zero-order valence-corrected chi connectivity index (χ0v) is 14.7. The summed E-state index contributed by atoms with van der Waals surface area (Å²) in [5.41, 5.74) is 2.35. The predicted octanol–water partition coefficient (Wildman–Crippen LogP) is 4.84. The van der Waals surface area contributed by atoms with Crippen LogP contribution in [0, 0.1) is 0 Å². The first-order valence-electron chi connectivity index (χ1n) is 7.65. The van der Waals surface area contributed by atoms with Gasteiger partial charge in [0.05, 0.1) is 24.9 Å². The largest absolute Gasteiger partial charge is 0.495 e. The molecule has 128 valence electrons. The molecule has 0 aliphatic heterocycles. The van der Waals surface area contributed by atoms with Crippen LogP contribution in [-0.2, 0) is 4.79 Å². The second-order valence-electron chi connectivity index (χ2n) is 5.19. The molecule has 2 aromatic carbocycles. The van der Waals surface area contributed by atoms with Gasteiger partial charge >= 0.3 is 0 Å². The first-order chi connectivity index (χ1) is 11.6. The molecule has 0 saturated carbocycles. The van der Waals surface area contributed by atoms with E-state index < -0.39 is 0 Å². The topological polar surface area (TPSA) is 59.6 Å². The van der Waals surface area contributed by atoms with E-state index in [9.17, 15) is 4.79 Å². The number of methoxy groups -OCH3 is 2. The summed E-state index contributed by atoms with van der Waals surface area (Å²) in [5, 5.41) is 6.59. The Bertz CT molecular complexity index is 702. The summed E-state index contributed by atoms with van der Waals surface area (Å²) >= 11 is 6.11. The molecule has 2 N–H and O–H groups in total. The number of halogens is 1. The van der Waals surface area contributed by atoms with Crippen LogP contribution in [-0.4, -0.2) is 20.1 Å². The van der Waals surface area contributed by atoms with Crippen molar-refractivity contribution in [2.24, 2.45) is 0 Å². The highest BCUT2D eigenvalue weighted by molar-refractivity contribution is 6.32. The van der Waals surface area contributed by atoms with Gasteiger partial charge in [0.25, 0.3) is 0 Å². The van der Waals surface area contributed by atoms with Gasteiger partial charge in [-0.1, -0.05) is 18.5 Å². The Hall–Kier alpha value is -2.40. The third kappa shape index (κ3) is 4.55. The Morgan fingerprint density at radius 3 is 2.25 bits per heavy atom. The third-order valence-corrected chi connectivity index (χ3v) is 3.69. The highest BCUT2D eigenvalue weighted by Crippen LogP contribution is 2.37. The molecule has 0 aliphatic carbocycles. The van der Waals surface area contributed by atoms with Gasteiger partial charge in [-0.15, -0.1) is 0 Å². The van der Waals surface area contributed by atoms with Crippen LogP contribution in [0.3, 0.4) is 0 Å². The Morgan fingerprint density at radius 2 is 1.67 bits per heavy atom. The van der Waals surface area contributed by atoms with Gasteiger partial charge in [-0.05, 0) is 30.7 Å². The maximum absolute atomic E-state index is 11.6. The Morgan fingerprint density at radius 1 is 1.04 bits per heavy atom. The molecule has 0 fully saturated rings. The van der Waals surface area contributed by atoms with E-state index in [0.717, 1.165) is 23.5 Å². The van der Waals surface area contributed by atoms with Gasteiger partial charge in [-0.25, -0.2) is 0 Å². The summed E-state index contributed by atoms with van der Waals surface area (Å²) in [4.78, 5) is 11.6. The molecule has 0 atom stereocenters. The average Bonchev–Trinajstić information content (AvgIpc) is 2.58. The summed E-state index contributed by atoms with van der Waals surface area (Å²) < 4.78 is 10.6. The maximum atomic E-state index is 11.6. The molecule has 2 rings (SSSR count). The van der Waals surface area contributed by atoms with E-state index >= 15 is 0 Å². The highest BCUT2D eigenvalue weighted by atomic mass is 35.5. The second-order valence-corrected chi connectivity index (χ2v) is 5.59. The standard InChI is InChI=1S/C18H21ClN2O3/c1-4-5-18(22)21-13-8-6-12(7-9-13)20-15-11-16(23-2)14(19)10-17(15)24-3/h6-11,20H,4-5H2,1-3H3,(H,21,22). The number of hydrogen-bond donors (Lipinski definition) is 2. The van der Waals surface area contributed by atoms with Gasteiger partial charge in [0, 0.05) is 29.9 Å². The van der Waals surface area contributed by atoms with Crippen LogP contribution in [0.1, 0.15) is 19.8 Å². The van der Waals surface area contributed by atoms with Crippen LogP contribution in [0.25, 0.3) is 0 Å². The van der Waals surface area contributed by atoms with Gasteiger partial charge in [0.1, 0.15) is 11.5 Å². The van der Waals surface area contributed by atoms with Crippen LogP contribution in [0.5, 0.6) is 11.5 Å². The second kappa shape index (κ2) is 8.45. The Kier molecular flexibility index (Phi) is 6.32. The molecule has 0 aliphatic rings. The quantitative estimate of drug-likeness (QED) is 0.751. The lowest BCUT2D eigenvalue weighted by molar-refractivity contribution is -0.116. The van der Waals surface area contributed by atoms with Crippen molar-refractivity contribution in [2.75, 3.05) is 24.9 Å². The van der Waals surface area contributed by atoms with Gasteiger partial charge in [-0.3, -0.25) is 4.79 Å². The Labute approximate surface area is 146 Å². The average molecular weight is 349 g/mol. The van der Waals surface area contributed by atoms with Gasteiger partial charge in [-0.2, -0.15) is 0 Å². The maximum Gasteiger partial charge on any atom is 0.224 e. The van der Waals surface area contributed by atoms with Gasteiger partial charge in [0.15, 0.2) is 0 Å². The van der Waals surface area contributed by atoms with E-state index in [1.807, 2.05) is 31.2 Å². The van der Waals surface area contributed by atoms with E-state index in [0.29, 0.717) is 22.9 Å². The molecule has 0 unspecified atom stereocenters. The van der Waals surface area contributed by atoms with Crippen molar-refractivity contribution in [1.82, 2.24) is 0 Å². The summed E-state index contributed by atoms with van der Waals surface area (Å²) in [7, 11) is 3.14. The molecule has 2 aromatic rings. The monoisotopic (exact) mass is 348 g/mol. The minimum atomic E-state index is 0.0160. The first-order valence-corrected chi connectivity index (χ1v) is 8.03. The smallest absolute Gasteiger partial charge is 0.224 e. The molecule has 0 saturated heterocycles. The molecule has 6 heteroatoms. The number of benzene rings is 2. The number of ether oxygens (including phenoxy) is 2. The van der Waals surface area contributed by atoms with Crippen molar-refractivity contribution in [1.29, 1.82) is 0 Å². The molecular weight excluding hydrogens is 328 g/mol. The van der Waals surface area contributed by atoms with Crippen LogP contribution < -0.4 is 20.1 Å². The number of hydrogen-bond acceptors (Lipinski definition) is 4. The number of carbonyl (C=O) groups is 1. The molecule has 5 nitrogen and oxygen atoms in total. The van der Waals surface area contributed by atoms with Gasteiger partial charge < -0.3 is 20.1 Å². The summed E-state index contributed by atoms with van der Waals surface area (Å²) in [6.45, 7) is 1.97. The van der Waals surface area contributed by atoms with Crippen LogP contribution >= 0.6 is 11.6 Å². The van der Waals surface area contributed by atoms with Crippen molar-refractivity contribution in [3.05, 3.63) is 41.4 Å². The third-order valence-electron chi connectivity index (χ3n) is 3.40. The summed E-state index contributed by atoms with van der Waals surface area (Å²) in [5.74, 6) is 1.19. The van der Waals surface area contributed by atoms with Crippen LogP contribution in [0.4, 0.5) is 17.1 Å². The van der Waals surface area contributed by atoms with Crippen LogP contribution in [0.2, 0.25) is 5.02 Å². The van der Waals surface area contributed by atoms with Crippen LogP contribution in [0.15, 0.2) is 36.4 Å². The lowest BCUT2D eigenvalue weighted by Crippen LogP contribution is -2.10. The Balaban J connectivity index is 2.15. The SMILES string of the molecule is CCCC(=O)Nc1ccc(Nc2cc(OC)c(Cl)cc2OC)cc1. The number of nitrogens with one attached hydrogen (secondary N) is 2. The zero-order valence-electron chi connectivity index (χ0n) is 14.0. The molecule has 24 heavy (non-hydrogen) atoms. The fourth-order valence-electron chi connectivity index (χ4n) is 2.20. The summed E-state index contributed by atoms with van der Waals surface area (Å²) in [6, 6.07) is 10.9. The highest BCUT2D eigenvalue weighted by Gasteiger charge is 2.10. The minimum Gasteiger partial charge on any atom is -0.495 e. The predicted molar refractivity (Wildman–Crippen MR) is 97.8 cm³/mol. The van der Waals surface area contributed by atoms with Crippen molar-refractivity contribution < 1.29 is 14.3 Å². The van der Waals surface area contributed by atoms with E-state index in [1.165, 1.54) is 0 Å². The van der Waals surface area contributed by atoms with E-state index in [-0.39, 0.29) is 5.91 Å². The molecular formula is C18H21ClN2O3. The number of carbonyl (C=O) groups excluding carboxylic acids is 1. The minimum absolute atomic E-state index is 0.0160. The normalized spacial score (nSPS) is 10.2. The molecule has 0 heterocycles. The molecule has 0 spiro atoms. The lowest BCUT2D eigenvalue weighted by atomic mass is 10.2. The first kappa shape index (κ1) is 17.9. The fraction of sp³-hybridized carbons (Fsp3) is 0.278. The van der Waals surface area contributed by atoms with E-state index in [2.05, 4.69) is 10.6 Å². The summed E-state index contributed by atoms with van der Waals surface area (Å²) in [6.07, 6.45) is 1.34.